The van der Waals surface area contributed by atoms with Gasteiger partial charge in [-0.15, -0.1) is 0 Å². The Hall–Kier alpha value is -1.61. The first-order valence-electron chi connectivity index (χ1n) is 5.54. The number of hydrogen-bond acceptors (Lipinski definition) is 3. The van der Waals surface area contributed by atoms with Crippen LogP contribution in [0.5, 0.6) is 5.75 Å². The summed E-state index contributed by atoms with van der Waals surface area (Å²) < 4.78 is 5.22. The number of hydrogen-bond donors (Lipinski definition) is 1. The van der Waals surface area contributed by atoms with Gasteiger partial charge in [0.05, 0.1) is 12.6 Å². The Labute approximate surface area is 94.5 Å². The molecule has 0 aliphatic carbocycles. The van der Waals surface area contributed by atoms with Crippen molar-refractivity contribution in [3.05, 3.63) is 35.5 Å². The Kier molecular flexibility index (Phi) is 2.26. The predicted octanol–water partition coefficient (Wildman–Crippen LogP) is 1.89. The second-order valence-electron chi connectivity index (χ2n) is 4.08. The van der Waals surface area contributed by atoms with Crippen LogP contribution < -0.4 is 10.1 Å². The SMILES string of the molecule is COc1ccc2nc3c(cc2c1)CNCC3. The molecule has 0 saturated carbocycles. The second kappa shape index (κ2) is 3.76. The monoisotopic (exact) mass is 214 g/mol. The van der Waals surface area contributed by atoms with Crippen molar-refractivity contribution in [2.75, 3.05) is 13.7 Å². The van der Waals surface area contributed by atoms with Crippen LogP contribution in [0.4, 0.5) is 0 Å². The summed E-state index contributed by atoms with van der Waals surface area (Å²) in [5, 5.41) is 4.52. The van der Waals surface area contributed by atoms with Crippen LogP contribution in [0.2, 0.25) is 0 Å². The summed E-state index contributed by atoms with van der Waals surface area (Å²) in [5.74, 6) is 0.887. The summed E-state index contributed by atoms with van der Waals surface area (Å²) in [6.07, 6.45) is 1.03. The van der Waals surface area contributed by atoms with Gasteiger partial charge >= 0.3 is 0 Å². The van der Waals surface area contributed by atoms with Gasteiger partial charge in [-0.2, -0.15) is 0 Å². The van der Waals surface area contributed by atoms with E-state index in [9.17, 15) is 0 Å². The Balaban J connectivity index is 2.19. The minimum absolute atomic E-state index is 0.887. The van der Waals surface area contributed by atoms with Crippen LogP contribution in [0.25, 0.3) is 10.9 Å². The number of benzene rings is 1. The van der Waals surface area contributed by atoms with E-state index >= 15 is 0 Å². The van der Waals surface area contributed by atoms with Crippen LogP contribution in [-0.2, 0) is 13.0 Å². The van der Waals surface area contributed by atoms with Crippen molar-refractivity contribution < 1.29 is 4.74 Å². The third-order valence-corrected chi connectivity index (χ3v) is 3.04. The van der Waals surface area contributed by atoms with Crippen LogP contribution >= 0.6 is 0 Å². The molecule has 0 radical (unpaired) electrons. The molecule has 0 spiro atoms. The maximum atomic E-state index is 5.22. The molecule has 82 valence electrons. The van der Waals surface area contributed by atoms with E-state index in [4.69, 9.17) is 9.72 Å². The van der Waals surface area contributed by atoms with Gasteiger partial charge in [-0.25, -0.2) is 0 Å². The maximum Gasteiger partial charge on any atom is 0.119 e. The Bertz CT molecular complexity index is 537. The topological polar surface area (TPSA) is 34.1 Å². The summed E-state index contributed by atoms with van der Waals surface area (Å²) in [6.45, 7) is 1.96. The lowest BCUT2D eigenvalue weighted by molar-refractivity contribution is 0.415. The van der Waals surface area contributed by atoms with E-state index in [2.05, 4.69) is 11.4 Å². The van der Waals surface area contributed by atoms with Gasteiger partial charge in [0, 0.05) is 30.6 Å². The van der Waals surface area contributed by atoms with E-state index in [1.54, 1.807) is 7.11 Å². The molecule has 16 heavy (non-hydrogen) atoms. The molecular formula is C13H14N2O. The van der Waals surface area contributed by atoms with Crippen molar-refractivity contribution in [3.8, 4) is 5.75 Å². The molecular weight excluding hydrogens is 200 g/mol. The molecule has 1 aliphatic rings. The van der Waals surface area contributed by atoms with Crippen LogP contribution in [-0.4, -0.2) is 18.6 Å². The Morgan fingerprint density at radius 3 is 3.12 bits per heavy atom. The molecule has 1 aromatic carbocycles. The molecule has 3 rings (SSSR count). The zero-order valence-corrected chi connectivity index (χ0v) is 9.29. The molecule has 0 unspecified atom stereocenters. The number of methoxy groups -OCH3 is 1. The molecule has 2 heterocycles. The first-order valence-corrected chi connectivity index (χ1v) is 5.54. The number of nitrogens with zero attached hydrogens (tertiary/aromatic N) is 1. The van der Waals surface area contributed by atoms with Crippen molar-refractivity contribution in [1.29, 1.82) is 0 Å². The van der Waals surface area contributed by atoms with Gasteiger partial charge in [0.2, 0.25) is 0 Å². The lowest BCUT2D eigenvalue weighted by Crippen LogP contribution is -2.24. The van der Waals surface area contributed by atoms with Crippen LogP contribution in [0.1, 0.15) is 11.3 Å². The zero-order valence-electron chi connectivity index (χ0n) is 9.29. The Morgan fingerprint density at radius 2 is 2.25 bits per heavy atom. The summed E-state index contributed by atoms with van der Waals surface area (Å²) in [7, 11) is 1.69. The average molecular weight is 214 g/mol. The minimum Gasteiger partial charge on any atom is -0.497 e. The maximum absolute atomic E-state index is 5.22. The van der Waals surface area contributed by atoms with Crippen LogP contribution in [0, 0.1) is 0 Å². The standard InChI is InChI=1S/C13H14N2O/c1-16-11-2-3-12-9(7-11)6-10-8-14-5-4-13(10)15-12/h2-3,6-7,14H,4-5,8H2,1H3. The van der Waals surface area contributed by atoms with Gasteiger partial charge < -0.3 is 10.1 Å². The highest BCUT2D eigenvalue weighted by Gasteiger charge is 2.11. The number of rotatable bonds is 1. The number of aromatic nitrogens is 1. The fraction of sp³-hybridized carbons (Fsp3) is 0.308. The third kappa shape index (κ3) is 1.53. The van der Waals surface area contributed by atoms with Gasteiger partial charge in [-0.1, -0.05) is 0 Å². The highest BCUT2D eigenvalue weighted by molar-refractivity contribution is 5.81. The highest BCUT2D eigenvalue weighted by Crippen LogP contribution is 2.23. The van der Waals surface area contributed by atoms with Crippen LogP contribution in [0.3, 0.4) is 0 Å². The molecule has 0 atom stereocenters. The smallest absolute Gasteiger partial charge is 0.119 e. The molecule has 3 nitrogen and oxygen atoms in total. The summed E-state index contributed by atoms with van der Waals surface area (Å²) in [6, 6.07) is 8.24. The van der Waals surface area contributed by atoms with Crippen LogP contribution in [0.15, 0.2) is 24.3 Å². The van der Waals surface area contributed by atoms with Gasteiger partial charge in [0.15, 0.2) is 0 Å². The molecule has 1 aliphatic heterocycles. The number of pyridine rings is 1. The highest BCUT2D eigenvalue weighted by atomic mass is 16.5. The van der Waals surface area contributed by atoms with E-state index < -0.39 is 0 Å². The average Bonchev–Trinajstić information content (AvgIpc) is 2.35. The number of nitrogens with one attached hydrogen (secondary N) is 1. The fourth-order valence-corrected chi connectivity index (χ4v) is 2.16. The predicted molar refractivity (Wildman–Crippen MR) is 63.7 cm³/mol. The molecule has 1 N–H and O–H groups in total. The quantitative estimate of drug-likeness (QED) is 0.787. The van der Waals surface area contributed by atoms with E-state index in [1.165, 1.54) is 11.3 Å². The summed E-state index contributed by atoms with van der Waals surface area (Å²) >= 11 is 0. The fourth-order valence-electron chi connectivity index (χ4n) is 2.16. The van der Waals surface area contributed by atoms with E-state index in [1.807, 2.05) is 18.2 Å². The molecule has 0 bridgehead atoms. The van der Waals surface area contributed by atoms with Gasteiger partial charge in [0.25, 0.3) is 0 Å². The van der Waals surface area contributed by atoms with Gasteiger partial charge in [0.1, 0.15) is 5.75 Å². The van der Waals surface area contributed by atoms with Crippen molar-refractivity contribution in [2.45, 2.75) is 13.0 Å². The lowest BCUT2D eigenvalue weighted by atomic mass is 10.0. The van der Waals surface area contributed by atoms with Gasteiger partial charge in [-0.3, -0.25) is 4.98 Å². The molecule has 0 fully saturated rings. The molecule has 0 amide bonds. The zero-order chi connectivity index (χ0) is 11.0. The summed E-state index contributed by atoms with van der Waals surface area (Å²) in [5.41, 5.74) is 3.60. The normalized spacial score (nSPS) is 14.8. The van der Waals surface area contributed by atoms with E-state index in [0.717, 1.165) is 36.2 Å². The second-order valence-corrected chi connectivity index (χ2v) is 4.08. The largest absolute Gasteiger partial charge is 0.497 e. The number of ether oxygens (including phenoxy) is 1. The van der Waals surface area contributed by atoms with Crippen molar-refractivity contribution in [2.24, 2.45) is 0 Å². The van der Waals surface area contributed by atoms with E-state index in [0.29, 0.717) is 0 Å². The molecule has 0 saturated heterocycles. The van der Waals surface area contributed by atoms with Crippen molar-refractivity contribution >= 4 is 10.9 Å². The third-order valence-electron chi connectivity index (χ3n) is 3.04. The molecule has 2 aromatic rings. The molecule has 3 heteroatoms. The molecule has 1 aromatic heterocycles. The lowest BCUT2D eigenvalue weighted by Gasteiger charge is -2.16. The summed E-state index contributed by atoms with van der Waals surface area (Å²) in [4.78, 5) is 4.70. The van der Waals surface area contributed by atoms with Crippen molar-refractivity contribution in [1.82, 2.24) is 10.3 Å². The Morgan fingerprint density at radius 1 is 1.31 bits per heavy atom. The number of fused-ring (bicyclic) bond motifs is 2. The van der Waals surface area contributed by atoms with Crippen molar-refractivity contribution in [3.63, 3.8) is 0 Å². The first-order chi connectivity index (χ1) is 7.86. The minimum atomic E-state index is 0.887. The van der Waals surface area contributed by atoms with E-state index in [-0.39, 0.29) is 0 Å². The first kappa shape index (κ1) is 9.60. The van der Waals surface area contributed by atoms with Gasteiger partial charge in [-0.05, 0) is 29.8 Å².